The molecule has 0 heterocycles. The first kappa shape index (κ1) is 15.3. The third kappa shape index (κ3) is 3.74. The van der Waals surface area contributed by atoms with E-state index in [1.165, 1.54) is 24.3 Å². The topological polar surface area (TPSA) is 84.5 Å². The molecule has 0 amide bonds. The molecule has 0 fully saturated rings. The zero-order valence-electron chi connectivity index (χ0n) is 11.2. The largest absolute Gasteiger partial charge is 0.323 e. The van der Waals surface area contributed by atoms with Crippen LogP contribution in [0.1, 0.15) is 12.5 Å². The van der Waals surface area contributed by atoms with E-state index < -0.39 is 10.0 Å². The molecule has 0 saturated carbocycles. The summed E-state index contributed by atoms with van der Waals surface area (Å²) < 4.78 is 26.9. The van der Waals surface area contributed by atoms with E-state index in [0.29, 0.717) is 16.4 Å². The average Bonchev–Trinajstić information content (AvgIpc) is 2.47. The van der Waals surface area contributed by atoms with Gasteiger partial charge in [0.25, 0.3) is 10.0 Å². The highest BCUT2D eigenvalue weighted by Crippen LogP contribution is 2.18. The fourth-order valence-electron chi connectivity index (χ4n) is 1.68. The second-order valence-corrected chi connectivity index (χ2v) is 6.47. The zero-order chi connectivity index (χ0) is 15.5. The minimum absolute atomic E-state index is 0.149. The Morgan fingerprint density at radius 2 is 1.67 bits per heavy atom. The SMILES string of the molecule is CC(=NN)c1ccc(NS(=O)(=O)c2ccc(Cl)cc2)cc1. The molecule has 21 heavy (non-hydrogen) atoms. The molecule has 3 N–H and O–H groups in total. The molecule has 0 aromatic heterocycles. The summed E-state index contributed by atoms with van der Waals surface area (Å²) in [6.07, 6.45) is 0. The molecule has 0 radical (unpaired) electrons. The summed E-state index contributed by atoms with van der Waals surface area (Å²) in [7, 11) is -3.63. The van der Waals surface area contributed by atoms with Crippen molar-refractivity contribution in [3.05, 3.63) is 59.1 Å². The van der Waals surface area contributed by atoms with Crippen LogP contribution in [0.5, 0.6) is 0 Å². The van der Waals surface area contributed by atoms with Gasteiger partial charge in [0, 0.05) is 10.7 Å². The van der Waals surface area contributed by atoms with Gasteiger partial charge in [-0.15, -0.1) is 0 Å². The molecule has 0 aliphatic heterocycles. The third-order valence-electron chi connectivity index (χ3n) is 2.87. The quantitative estimate of drug-likeness (QED) is 0.515. The van der Waals surface area contributed by atoms with Gasteiger partial charge in [-0.25, -0.2) is 8.42 Å². The first-order valence-corrected chi connectivity index (χ1v) is 7.92. The Morgan fingerprint density at radius 3 is 2.19 bits per heavy atom. The number of nitrogens with two attached hydrogens (primary N) is 1. The Hall–Kier alpha value is -2.05. The molecule has 2 aromatic carbocycles. The van der Waals surface area contributed by atoms with Gasteiger partial charge in [-0.3, -0.25) is 4.72 Å². The number of nitrogens with one attached hydrogen (secondary N) is 1. The van der Waals surface area contributed by atoms with E-state index in [0.717, 1.165) is 5.56 Å². The lowest BCUT2D eigenvalue weighted by atomic mass is 10.1. The fraction of sp³-hybridized carbons (Fsp3) is 0.0714. The lowest BCUT2D eigenvalue weighted by molar-refractivity contribution is 0.601. The van der Waals surface area contributed by atoms with Crippen LogP contribution < -0.4 is 10.6 Å². The lowest BCUT2D eigenvalue weighted by Gasteiger charge is -2.09. The van der Waals surface area contributed by atoms with Crippen molar-refractivity contribution < 1.29 is 8.42 Å². The predicted octanol–water partition coefficient (Wildman–Crippen LogP) is 2.82. The number of sulfonamides is 1. The fourth-order valence-corrected chi connectivity index (χ4v) is 2.87. The van der Waals surface area contributed by atoms with Crippen molar-refractivity contribution in [1.82, 2.24) is 0 Å². The predicted molar refractivity (Wildman–Crippen MR) is 85.1 cm³/mol. The van der Waals surface area contributed by atoms with Crippen molar-refractivity contribution in [2.75, 3.05) is 4.72 Å². The molecular formula is C14H14ClN3O2S. The first-order chi connectivity index (χ1) is 9.92. The van der Waals surface area contributed by atoms with Gasteiger partial charge in [0.2, 0.25) is 0 Å². The Morgan fingerprint density at radius 1 is 1.10 bits per heavy atom. The summed E-state index contributed by atoms with van der Waals surface area (Å²) in [6.45, 7) is 1.77. The van der Waals surface area contributed by atoms with Crippen LogP contribution in [0.25, 0.3) is 0 Å². The highest BCUT2D eigenvalue weighted by atomic mass is 35.5. The zero-order valence-corrected chi connectivity index (χ0v) is 12.8. The molecule has 0 aliphatic rings. The normalized spacial score (nSPS) is 12.2. The number of hydrogen-bond acceptors (Lipinski definition) is 4. The van der Waals surface area contributed by atoms with E-state index in [2.05, 4.69) is 9.82 Å². The number of halogens is 1. The summed E-state index contributed by atoms with van der Waals surface area (Å²) >= 11 is 5.75. The van der Waals surface area contributed by atoms with Crippen molar-refractivity contribution in [1.29, 1.82) is 0 Å². The number of hydrazone groups is 1. The van der Waals surface area contributed by atoms with Gasteiger partial charge in [0.1, 0.15) is 0 Å². The van der Waals surface area contributed by atoms with Gasteiger partial charge in [-0.05, 0) is 48.9 Å². The summed E-state index contributed by atoms with van der Waals surface area (Å²) in [5, 5.41) is 4.07. The van der Waals surface area contributed by atoms with Crippen LogP contribution in [0.4, 0.5) is 5.69 Å². The number of hydrogen-bond donors (Lipinski definition) is 2. The van der Waals surface area contributed by atoms with E-state index in [1.807, 2.05) is 0 Å². The highest BCUT2D eigenvalue weighted by molar-refractivity contribution is 7.92. The number of nitrogens with zero attached hydrogens (tertiary/aromatic N) is 1. The third-order valence-corrected chi connectivity index (χ3v) is 4.52. The Bertz CT molecular complexity index is 754. The van der Waals surface area contributed by atoms with Crippen molar-refractivity contribution >= 4 is 33.0 Å². The average molecular weight is 324 g/mol. The van der Waals surface area contributed by atoms with Gasteiger partial charge in [0.15, 0.2) is 0 Å². The summed E-state index contributed by atoms with van der Waals surface area (Å²) in [4.78, 5) is 0.149. The second-order valence-electron chi connectivity index (χ2n) is 4.35. The molecule has 0 bridgehead atoms. The van der Waals surface area contributed by atoms with Crippen LogP contribution in [0.15, 0.2) is 58.5 Å². The highest BCUT2D eigenvalue weighted by Gasteiger charge is 2.13. The Labute approximate surface area is 128 Å². The smallest absolute Gasteiger partial charge is 0.261 e. The van der Waals surface area contributed by atoms with Crippen LogP contribution in [-0.2, 0) is 10.0 Å². The van der Waals surface area contributed by atoms with Gasteiger partial charge < -0.3 is 5.84 Å². The molecule has 2 aromatic rings. The van der Waals surface area contributed by atoms with E-state index in [-0.39, 0.29) is 4.90 Å². The molecule has 0 aliphatic carbocycles. The van der Waals surface area contributed by atoms with E-state index in [9.17, 15) is 8.42 Å². The van der Waals surface area contributed by atoms with Crippen molar-refractivity contribution in [3.63, 3.8) is 0 Å². The number of anilines is 1. The summed E-state index contributed by atoms with van der Waals surface area (Å²) in [5.74, 6) is 5.20. The Balaban J connectivity index is 2.23. The van der Waals surface area contributed by atoms with Crippen molar-refractivity contribution in [3.8, 4) is 0 Å². The van der Waals surface area contributed by atoms with Gasteiger partial charge >= 0.3 is 0 Å². The molecule has 7 heteroatoms. The van der Waals surface area contributed by atoms with Crippen LogP contribution in [0.2, 0.25) is 5.02 Å². The summed E-state index contributed by atoms with van der Waals surface area (Å²) in [5.41, 5.74) is 1.95. The van der Waals surface area contributed by atoms with E-state index >= 15 is 0 Å². The van der Waals surface area contributed by atoms with Crippen LogP contribution in [0.3, 0.4) is 0 Å². The van der Waals surface area contributed by atoms with E-state index in [1.54, 1.807) is 31.2 Å². The maximum Gasteiger partial charge on any atom is 0.261 e. The Kier molecular flexibility index (Phi) is 4.50. The van der Waals surface area contributed by atoms with Crippen LogP contribution in [-0.4, -0.2) is 14.1 Å². The molecular weight excluding hydrogens is 310 g/mol. The first-order valence-electron chi connectivity index (χ1n) is 6.06. The molecule has 0 atom stereocenters. The molecule has 110 valence electrons. The summed E-state index contributed by atoms with van der Waals surface area (Å²) in [6, 6.07) is 12.7. The minimum Gasteiger partial charge on any atom is -0.323 e. The molecule has 5 nitrogen and oxygen atoms in total. The standard InChI is InChI=1S/C14H14ClN3O2S/c1-10(17-16)11-2-6-13(7-3-11)18-21(19,20)14-8-4-12(15)5-9-14/h2-9,18H,16H2,1H3. The molecule has 0 spiro atoms. The van der Waals surface area contributed by atoms with E-state index in [4.69, 9.17) is 17.4 Å². The molecule has 0 saturated heterocycles. The monoisotopic (exact) mass is 323 g/mol. The second kappa shape index (κ2) is 6.15. The van der Waals surface area contributed by atoms with Gasteiger partial charge in [-0.1, -0.05) is 23.7 Å². The number of rotatable bonds is 4. The van der Waals surface area contributed by atoms with Crippen LogP contribution in [0, 0.1) is 0 Å². The van der Waals surface area contributed by atoms with Crippen molar-refractivity contribution in [2.24, 2.45) is 10.9 Å². The van der Waals surface area contributed by atoms with Crippen molar-refractivity contribution in [2.45, 2.75) is 11.8 Å². The minimum atomic E-state index is -3.63. The van der Waals surface area contributed by atoms with Gasteiger partial charge in [0.05, 0.1) is 10.6 Å². The van der Waals surface area contributed by atoms with Gasteiger partial charge in [-0.2, -0.15) is 5.10 Å². The molecule has 2 rings (SSSR count). The molecule has 0 unspecified atom stereocenters. The lowest BCUT2D eigenvalue weighted by Crippen LogP contribution is -2.12. The maximum atomic E-state index is 12.2. The van der Waals surface area contributed by atoms with Crippen LogP contribution >= 0.6 is 11.6 Å². The maximum absolute atomic E-state index is 12.2. The number of benzene rings is 2.